The van der Waals surface area contributed by atoms with Gasteiger partial charge in [0.15, 0.2) is 10.6 Å². The Balaban J connectivity index is 2.05. The van der Waals surface area contributed by atoms with Crippen LogP contribution in [0.5, 0.6) is 0 Å². The number of alkyl halides is 3. The SMILES string of the molecule is Cc1cccc(-c2n[nH]c(=S)n2CCC(=O)N(C)CCC(F)(F)F)c1. The number of halogens is 3. The second kappa shape index (κ2) is 7.81. The summed E-state index contributed by atoms with van der Waals surface area (Å²) < 4.78 is 38.8. The van der Waals surface area contributed by atoms with Crippen molar-refractivity contribution in [2.24, 2.45) is 0 Å². The Bertz CT molecular complexity index is 797. The second-order valence-corrected chi connectivity index (χ2v) is 6.19. The molecule has 0 aliphatic heterocycles. The van der Waals surface area contributed by atoms with Crippen molar-refractivity contribution in [2.45, 2.75) is 32.5 Å². The Morgan fingerprint density at radius 3 is 2.76 bits per heavy atom. The van der Waals surface area contributed by atoms with Gasteiger partial charge in [-0.1, -0.05) is 23.8 Å². The average Bonchev–Trinajstić information content (AvgIpc) is 2.90. The molecule has 0 spiro atoms. The zero-order valence-electron chi connectivity index (χ0n) is 13.9. The molecule has 1 aromatic heterocycles. The molecule has 0 fully saturated rings. The lowest BCUT2D eigenvalue weighted by molar-refractivity contribution is -0.144. The van der Waals surface area contributed by atoms with E-state index in [1.54, 1.807) is 4.57 Å². The Morgan fingerprint density at radius 1 is 1.40 bits per heavy atom. The maximum absolute atomic E-state index is 12.2. The number of aromatic amines is 1. The summed E-state index contributed by atoms with van der Waals surface area (Å²) in [4.78, 5) is 13.1. The van der Waals surface area contributed by atoms with E-state index >= 15 is 0 Å². The van der Waals surface area contributed by atoms with Gasteiger partial charge in [-0.05, 0) is 25.2 Å². The van der Waals surface area contributed by atoms with Crippen LogP contribution in [0.4, 0.5) is 13.2 Å². The molecular weight excluding hydrogens is 353 g/mol. The summed E-state index contributed by atoms with van der Waals surface area (Å²) >= 11 is 5.19. The van der Waals surface area contributed by atoms with E-state index < -0.39 is 12.6 Å². The summed E-state index contributed by atoms with van der Waals surface area (Å²) in [5, 5.41) is 6.89. The van der Waals surface area contributed by atoms with Crippen LogP contribution in [0.2, 0.25) is 0 Å². The molecular formula is C16H19F3N4OS. The summed E-state index contributed by atoms with van der Waals surface area (Å²) in [6.07, 6.45) is -5.25. The fourth-order valence-corrected chi connectivity index (χ4v) is 2.57. The third kappa shape index (κ3) is 5.42. The van der Waals surface area contributed by atoms with Gasteiger partial charge in [-0.3, -0.25) is 14.5 Å². The Kier molecular flexibility index (Phi) is 5.99. The highest BCUT2D eigenvalue weighted by molar-refractivity contribution is 7.71. The topological polar surface area (TPSA) is 53.9 Å². The van der Waals surface area contributed by atoms with Gasteiger partial charge in [0, 0.05) is 32.1 Å². The fraction of sp³-hybridized carbons (Fsp3) is 0.438. The number of hydrogen-bond acceptors (Lipinski definition) is 3. The molecule has 1 amide bonds. The third-order valence-corrected chi connectivity index (χ3v) is 4.05. The number of nitrogens with one attached hydrogen (secondary N) is 1. The number of carbonyl (C=O) groups excluding carboxylic acids is 1. The van der Waals surface area contributed by atoms with Crippen LogP contribution >= 0.6 is 12.2 Å². The minimum absolute atomic E-state index is 0.0427. The highest BCUT2D eigenvalue weighted by Gasteiger charge is 2.28. The molecule has 0 atom stereocenters. The van der Waals surface area contributed by atoms with Gasteiger partial charge < -0.3 is 4.90 Å². The number of rotatable bonds is 6. The lowest BCUT2D eigenvalue weighted by atomic mass is 10.1. The quantitative estimate of drug-likeness (QED) is 0.787. The first-order chi connectivity index (χ1) is 11.7. The first kappa shape index (κ1) is 19.2. The van der Waals surface area contributed by atoms with Crippen molar-refractivity contribution in [2.75, 3.05) is 13.6 Å². The van der Waals surface area contributed by atoms with Gasteiger partial charge in [-0.25, -0.2) is 0 Å². The van der Waals surface area contributed by atoms with Gasteiger partial charge in [0.25, 0.3) is 0 Å². The molecule has 0 radical (unpaired) electrons. The van der Waals surface area contributed by atoms with Crippen LogP contribution in [0.1, 0.15) is 18.4 Å². The highest BCUT2D eigenvalue weighted by Crippen LogP contribution is 2.20. The predicted octanol–water partition coefficient (Wildman–Crippen LogP) is 3.72. The largest absolute Gasteiger partial charge is 0.390 e. The molecule has 2 rings (SSSR count). The van der Waals surface area contributed by atoms with Crippen LogP contribution in [0.3, 0.4) is 0 Å². The maximum Gasteiger partial charge on any atom is 0.390 e. The van der Waals surface area contributed by atoms with Crippen LogP contribution in [0.25, 0.3) is 11.4 Å². The highest BCUT2D eigenvalue weighted by atomic mass is 32.1. The van der Waals surface area contributed by atoms with Gasteiger partial charge in [0.2, 0.25) is 5.91 Å². The number of aromatic nitrogens is 3. The van der Waals surface area contributed by atoms with Gasteiger partial charge >= 0.3 is 6.18 Å². The van der Waals surface area contributed by atoms with Gasteiger partial charge in [0.05, 0.1) is 6.42 Å². The van der Waals surface area contributed by atoms with Crippen molar-refractivity contribution in [3.05, 3.63) is 34.6 Å². The average molecular weight is 372 g/mol. The molecule has 1 N–H and O–H groups in total. The standard InChI is InChI=1S/C16H19F3N4OS/c1-11-4-3-5-12(10-11)14-20-21-15(25)23(14)8-6-13(24)22(2)9-7-16(17,18)19/h3-5,10H,6-9H2,1-2H3,(H,21,25). The molecule has 2 aromatic rings. The zero-order valence-corrected chi connectivity index (χ0v) is 14.7. The van der Waals surface area contributed by atoms with Crippen molar-refractivity contribution in [3.8, 4) is 11.4 Å². The van der Waals surface area contributed by atoms with Gasteiger partial charge in [0.1, 0.15) is 0 Å². The summed E-state index contributed by atoms with van der Waals surface area (Å²) in [5.41, 5.74) is 1.91. The molecule has 136 valence electrons. The smallest absolute Gasteiger partial charge is 0.345 e. The van der Waals surface area contributed by atoms with Gasteiger partial charge in [-0.2, -0.15) is 18.3 Å². The molecule has 9 heteroatoms. The number of aryl methyl sites for hydroxylation is 1. The van der Waals surface area contributed by atoms with Crippen LogP contribution in [0, 0.1) is 11.7 Å². The molecule has 0 aliphatic carbocycles. The number of nitrogens with zero attached hydrogens (tertiary/aromatic N) is 3. The van der Waals surface area contributed by atoms with Crippen molar-refractivity contribution in [1.82, 2.24) is 19.7 Å². The molecule has 0 bridgehead atoms. The fourth-order valence-electron chi connectivity index (χ4n) is 2.35. The molecule has 25 heavy (non-hydrogen) atoms. The van der Waals surface area contributed by atoms with Gasteiger partial charge in [-0.15, -0.1) is 0 Å². The van der Waals surface area contributed by atoms with E-state index in [1.165, 1.54) is 7.05 Å². The van der Waals surface area contributed by atoms with Crippen LogP contribution < -0.4 is 0 Å². The molecule has 1 aromatic carbocycles. The first-order valence-electron chi connectivity index (χ1n) is 7.70. The summed E-state index contributed by atoms with van der Waals surface area (Å²) in [5.74, 6) is 0.224. The van der Waals surface area contributed by atoms with Crippen LogP contribution in [-0.2, 0) is 11.3 Å². The summed E-state index contributed by atoms with van der Waals surface area (Å²) in [6, 6.07) is 7.67. The molecule has 1 heterocycles. The monoisotopic (exact) mass is 372 g/mol. The van der Waals surface area contributed by atoms with E-state index in [0.29, 0.717) is 10.6 Å². The Labute approximate surface area is 148 Å². The molecule has 0 saturated carbocycles. The number of carbonyl (C=O) groups is 1. The van der Waals surface area contributed by atoms with Crippen molar-refractivity contribution in [3.63, 3.8) is 0 Å². The van der Waals surface area contributed by atoms with E-state index in [4.69, 9.17) is 12.2 Å². The minimum atomic E-state index is -4.28. The third-order valence-electron chi connectivity index (χ3n) is 3.74. The van der Waals surface area contributed by atoms with E-state index in [1.807, 2.05) is 31.2 Å². The Hall–Kier alpha value is -2.16. The molecule has 0 unspecified atom stereocenters. The zero-order chi connectivity index (χ0) is 18.6. The first-order valence-corrected chi connectivity index (χ1v) is 8.11. The molecule has 0 aliphatic rings. The normalized spacial score (nSPS) is 11.6. The van der Waals surface area contributed by atoms with Crippen molar-refractivity contribution >= 4 is 18.1 Å². The number of benzene rings is 1. The van der Waals surface area contributed by atoms with Crippen LogP contribution in [0.15, 0.2) is 24.3 Å². The van der Waals surface area contributed by atoms with Crippen molar-refractivity contribution < 1.29 is 18.0 Å². The Morgan fingerprint density at radius 2 is 2.12 bits per heavy atom. The second-order valence-electron chi connectivity index (χ2n) is 5.80. The molecule has 0 saturated heterocycles. The van der Waals surface area contributed by atoms with Crippen LogP contribution in [-0.4, -0.2) is 45.3 Å². The van der Waals surface area contributed by atoms with E-state index in [9.17, 15) is 18.0 Å². The van der Waals surface area contributed by atoms with E-state index in [2.05, 4.69) is 10.2 Å². The number of hydrogen-bond donors (Lipinski definition) is 1. The van der Waals surface area contributed by atoms with Crippen molar-refractivity contribution in [1.29, 1.82) is 0 Å². The summed E-state index contributed by atoms with van der Waals surface area (Å²) in [6.45, 7) is 1.84. The number of H-pyrrole nitrogens is 1. The predicted molar refractivity (Wildman–Crippen MR) is 90.5 cm³/mol. The maximum atomic E-state index is 12.2. The minimum Gasteiger partial charge on any atom is -0.345 e. The summed E-state index contributed by atoms with van der Waals surface area (Å²) in [7, 11) is 1.37. The number of amides is 1. The van der Waals surface area contributed by atoms with E-state index in [-0.39, 0.29) is 25.4 Å². The lowest BCUT2D eigenvalue weighted by Gasteiger charge is -2.18. The lowest BCUT2D eigenvalue weighted by Crippen LogP contribution is -2.31. The molecule has 5 nitrogen and oxygen atoms in total. The van der Waals surface area contributed by atoms with E-state index in [0.717, 1.165) is 16.0 Å².